The van der Waals surface area contributed by atoms with Gasteiger partial charge in [-0.05, 0) is 40.8 Å². The molecule has 0 heterocycles. The first-order valence-corrected chi connectivity index (χ1v) is 7.27. The van der Waals surface area contributed by atoms with E-state index in [0.29, 0.717) is 3.57 Å². The van der Waals surface area contributed by atoms with E-state index in [1.54, 1.807) is 0 Å². The van der Waals surface area contributed by atoms with Gasteiger partial charge in [-0.15, -0.1) is 0 Å². The molecule has 118 valence electrons. The number of benzene rings is 2. The van der Waals surface area contributed by atoms with E-state index in [4.69, 9.17) is 0 Å². The molecule has 7 nitrogen and oxygen atoms in total. The standard InChI is InChI=1S/C14H9FIN3O4/c15-11-4-2-1-3-9(11)13(20)17-18-14(21)10-7-8(19(22)23)5-6-12(10)16/h1-7H,(H,17,20)(H,18,21). The van der Waals surface area contributed by atoms with Crippen LogP contribution in [0.4, 0.5) is 10.1 Å². The Kier molecular flexibility index (Phi) is 5.21. The molecule has 0 aliphatic rings. The van der Waals surface area contributed by atoms with Crippen LogP contribution in [0.5, 0.6) is 0 Å². The minimum atomic E-state index is -0.836. The summed E-state index contributed by atoms with van der Waals surface area (Å²) in [6.07, 6.45) is 0. The van der Waals surface area contributed by atoms with E-state index >= 15 is 0 Å². The molecular weight excluding hydrogens is 420 g/mol. The average Bonchev–Trinajstić information content (AvgIpc) is 2.53. The molecule has 0 fully saturated rings. The van der Waals surface area contributed by atoms with E-state index in [1.165, 1.54) is 30.3 Å². The number of amides is 2. The number of hydrogen-bond donors (Lipinski definition) is 2. The zero-order valence-corrected chi connectivity index (χ0v) is 13.5. The zero-order valence-electron chi connectivity index (χ0n) is 11.4. The van der Waals surface area contributed by atoms with Crippen LogP contribution in [-0.4, -0.2) is 16.7 Å². The second-order valence-electron chi connectivity index (χ2n) is 4.31. The Labute approximate surface area is 143 Å². The van der Waals surface area contributed by atoms with Crippen molar-refractivity contribution in [2.45, 2.75) is 0 Å². The molecule has 0 saturated carbocycles. The summed E-state index contributed by atoms with van der Waals surface area (Å²) >= 11 is 1.83. The van der Waals surface area contributed by atoms with Crippen molar-refractivity contribution in [3.05, 3.63) is 73.1 Å². The Morgan fingerprint density at radius 1 is 1.04 bits per heavy atom. The number of carbonyl (C=O) groups excluding carboxylic acids is 2. The van der Waals surface area contributed by atoms with E-state index in [0.717, 1.165) is 12.1 Å². The summed E-state index contributed by atoms with van der Waals surface area (Å²) in [5.41, 5.74) is 3.69. The second-order valence-corrected chi connectivity index (χ2v) is 5.47. The van der Waals surface area contributed by atoms with Gasteiger partial charge >= 0.3 is 0 Å². The molecule has 0 aliphatic carbocycles. The molecule has 0 radical (unpaired) electrons. The maximum absolute atomic E-state index is 13.4. The number of nitro benzene ring substituents is 1. The summed E-state index contributed by atoms with van der Waals surface area (Å²) in [5, 5.41) is 10.7. The molecule has 9 heteroatoms. The molecule has 0 atom stereocenters. The predicted molar refractivity (Wildman–Crippen MR) is 87.1 cm³/mol. The number of non-ortho nitro benzene ring substituents is 1. The van der Waals surface area contributed by atoms with Crippen LogP contribution >= 0.6 is 22.6 Å². The van der Waals surface area contributed by atoms with Crippen molar-refractivity contribution in [3.8, 4) is 0 Å². The molecular formula is C14H9FIN3O4. The Morgan fingerprint density at radius 2 is 1.65 bits per heavy atom. The number of hydrazine groups is 1. The van der Waals surface area contributed by atoms with E-state index in [9.17, 15) is 24.1 Å². The lowest BCUT2D eigenvalue weighted by atomic mass is 10.2. The van der Waals surface area contributed by atoms with Crippen LogP contribution in [0.15, 0.2) is 42.5 Å². The monoisotopic (exact) mass is 429 g/mol. The van der Waals surface area contributed by atoms with E-state index in [2.05, 4.69) is 10.9 Å². The highest BCUT2D eigenvalue weighted by Crippen LogP contribution is 2.19. The summed E-state index contributed by atoms with van der Waals surface area (Å²) in [5.74, 6) is -2.32. The predicted octanol–water partition coefficient (Wildman–Crippen LogP) is 2.41. The summed E-state index contributed by atoms with van der Waals surface area (Å²) in [7, 11) is 0. The third kappa shape index (κ3) is 4.00. The van der Waals surface area contributed by atoms with Crippen LogP contribution in [0, 0.1) is 19.5 Å². The third-order valence-corrected chi connectivity index (χ3v) is 3.75. The molecule has 0 saturated heterocycles. The summed E-state index contributed by atoms with van der Waals surface area (Å²) in [6.45, 7) is 0. The maximum Gasteiger partial charge on any atom is 0.272 e. The SMILES string of the molecule is O=C(NNC(=O)c1cc([N+](=O)[O-])ccc1I)c1ccccc1F. The number of halogens is 2. The smallest absolute Gasteiger partial charge is 0.267 e. The van der Waals surface area contributed by atoms with Gasteiger partial charge < -0.3 is 0 Å². The molecule has 2 aromatic carbocycles. The summed E-state index contributed by atoms with van der Waals surface area (Å²) in [6, 6.07) is 9.03. The van der Waals surface area contributed by atoms with Crippen molar-refractivity contribution >= 4 is 40.1 Å². The van der Waals surface area contributed by atoms with Gasteiger partial charge in [-0.25, -0.2) is 4.39 Å². The Balaban J connectivity index is 2.11. The topological polar surface area (TPSA) is 101 Å². The van der Waals surface area contributed by atoms with Crippen LogP contribution in [0.25, 0.3) is 0 Å². The number of rotatable bonds is 3. The number of hydrogen-bond acceptors (Lipinski definition) is 4. The van der Waals surface area contributed by atoms with Crippen LogP contribution in [0.1, 0.15) is 20.7 Å². The first-order chi connectivity index (χ1) is 10.9. The first kappa shape index (κ1) is 16.8. The molecule has 0 spiro atoms. The lowest BCUT2D eigenvalue weighted by Crippen LogP contribution is -2.42. The second kappa shape index (κ2) is 7.13. The minimum absolute atomic E-state index is 0.0219. The van der Waals surface area contributed by atoms with Gasteiger partial charge in [0.2, 0.25) is 0 Å². The normalized spacial score (nSPS) is 10.0. The van der Waals surface area contributed by atoms with Gasteiger partial charge in [0.25, 0.3) is 17.5 Å². The fraction of sp³-hybridized carbons (Fsp3) is 0. The number of nitrogens with zero attached hydrogens (tertiary/aromatic N) is 1. The Morgan fingerprint density at radius 3 is 2.26 bits per heavy atom. The van der Waals surface area contributed by atoms with Gasteiger partial charge in [-0.2, -0.15) is 0 Å². The highest BCUT2D eigenvalue weighted by atomic mass is 127. The van der Waals surface area contributed by atoms with Gasteiger partial charge in [0.05, 0.1) is 16.1 Å². The zero-order chi connectivity index (χ0) is 17.0. The molecule has 23 heavy (non-hydrogen) atoms. The van der Waals surface area contributed by atoms with Crippen molar-refractivity contribution in [1.29, 1.82) is 0 Å². The van der Waals surface area contributed by atoms with E-state index in [-0.39, 0.29) is 16.8 Å². The highest BCUT2D eigenvalue weighted by Gasteiger charge is 2.17. The quantitative estimate of drug-likeness (QED) is 0.445. The molecule has 0 aliphatic heterocycles. The fourth-order valence-electron chi connectivity index (χ4n) is 1.69. The molecule has 2 aromatic rings. The van der Waals surface area contributed by atoms with E-state index < -0.39 is 22.6 Å². The van der Waals surface area contributed by atoms with Crippen LogP contribution < -0.4 is 10.9 Å². The number of nitro groups is 1. The average molecular weight is 429 g/mol. The van der Waals surface area contributed by atoms with Gasteiger partial charge in [0.15, 0.2) is 0 Å². The Bertz CT molecular complexity index is 797. The highest BCUT2D eigenvalue weighted by molar-refractivity contribution is 14.1. The summed E-state index contributed by atoms with van der Waals surface area (Å²) in [4.78, 5) is 33.9. The van der Waals surface area contributed by atoms with Crippen LogP contribution in [0.3, 0.4) is 0 Å². The van der Waals surface area contributed by atoms with Crippen molar-refractivity contribution in [2.75, 3.05) is 0 Å². The molecule has 2 rings (SSSR count). The third-order valence-electron chi connectivity index (χ3n) is 2.81. The largest absolute Gasteiger partial charge is 0.272 e. The Hall–Kier alpha value is -2.56. The van der Waals surface area contributed by atoms with Gasteiger partial charge in [-0.1, -0.05) is 12.1 Å². The maximum atomic E-state index is 13.4. The fourth-order valence-corrected chi connectivity index (χ4v) is 2.27. The molecule has 0 aromatic heterocycles. The number of carbonyl (C=O) groups is 2. The van der Waals surface area contributed by atoms with Crippen molar-refractivity contribution in [1.82, 2.24) is 10.9 Å². The molecule has 2 N–H and O–H groups in total. The number of nitrogens with one attached hydrogen (secondary N) is 2. The summed E-state index contributed by atoms with van der Waals surface area (Å²) < 4.78 is 13.9. The van der Waals surface area contributed by atoms with Crippen molar-refractivity contribution < 1.29 is 18.9 Å². The lowest BCUT2D eigenvalue weighted by molar-refractivity contribution is -0.384. The van der Waals surface area contributed by atoms with Crippen molar-refractivity contribution in [2.24, 2.45) is 0 Å². The van der Waals surface area contributed by atoms with Crippen LogP contribution in [-0.2, 0) is 0 Å². The van der Waals surface area contributed by atoms with Gasteiger partial charge in [-0.3, -0.25) is 30.6 Å². The first-order valence-electron chi connectivity index (χ1n) is 6.19. The lowest BCUT2D eigenvalue weighted by Gasteiger charge is -2.09. The molecule has 0 bridgehead atoms. The van der Waals surface area contributed by atoms with Gasteiger partial charge in [0.1, 0.15) is 5.82 Å². The van der Waals surface area contributed by atoms with Crippen LogP contribution in [0.2, 0.25) is 0 Å². The minimum Gasteiger partial charge on any atom is -0.267 e. The van der Waals surface area contributed by atoms with Crippen molar-refractivity contribution in [3.63, 3.8) is 0 Å². The van der Waals surface area contributed by atoms with Gasteiger partial charge in [0, 0.05) is 15.7 Å². The van der Waals surface area contributed by atoms with E-state index in [1.807, 2.05) is 22.6 Å². The molecule has 0 unspecified atom stereocenters. The molecule has 2 amide bonds.